The van der Waals surface area contributed by atoms with E-state index in [-0.39, 0.29) is 0 Å². The van der Waals surface area contributed by atoms with Crippen molar-refractivity contribution >= 4 is 61.6 Å². The van der Waals surface area contributed by atoms with Crippen LogP contribution in [0.5, 0.6) is 0 Å². The van der Waals surface area contributed by atoms with Gasteiger partial charge in [0, 0.05) is 33.4 Å². The summed E-state index contributed by atoms with van der Waals surface area (Å²) >= 11 is 1.26. The fourth-order valence-corrected chi connectivity index (χ4v) is 19.5. The molecule has 0 atom stereocenters. The standard InChI is InChI=1S/C110H72N4S/c1-7-23-73(24-8-1)75-39-43-77(44-40-75)82-55-66-104-98(69-82)99-70-83(78-45-41-76(42-46-78)74-25-9-2-10-26-74)56-67-105(99)114(104)92-61-51-81(52-62-92)93-65-68-106(108-107(93)111-115-112-108)113(90-57-47-79(48-58-90)84-53-63-96-94-35-19-21-37-100(94)109(102(96)71-84,86-27-11-3-12-28-86)87-29-13-4-14-30-87)91-59-49-80(50-60-91)85-54-64-97-95-36-20-22-38-101(95)110(103(97)72-85,88-31-15-5-16-32-88)89-33-17-6-18-34-89/h1-72H. The van der Waals surface area contributed by atoms with Gasteiger partial charge in [-0.15, -0.1) is 0 Å². The van der Waals surface area contributed by atoms with Crippen LogP contribution in [0.4, 0.5) is 17.1 Å². The maximum absolute atomic E-state index is 5.24. The molecule has 20 aromatic rings. The summed E-state index contributed by atoms with van der Waals surface area (Å²) < 4.78 is 12.9. The van der Waals surface area contributed by atoms with Crippen LogP contribution < -0.4 is 4.90 Å². The largest absolute Gasteiger partial charge is 0.309 e. The molecule has 0 N–H and O–H groups in total. The molecule has 0 saturated heterocycles. The van der Waals surface area contributed by atoms with Crippen LogP contribution in [0, 0.1) is 0 Å². The van der Waals surface area contributed by atoms with Crippen LogP contribution in [-0.4, -0.2) is 13.3 Å². The monoisotopic (exact) mass is 1480 g/mol. The molecule has 0 unspecified atom stereocenters. The molecule has 115 heavy (non-hydrogen) atoms. The molecule has 18 aromatic carbocycles. The Kier molecular flexibility index (Phi) is 16.2. The van der Waals surface area contributed by atoms with Gasteiger partial charge in [0.15, 0.2) is 0 Å². The van der Waals surface area contributed by atoms with E-state index in [2.05, 4.69) is 446 Å². The van der Waals surface area contributed by atoms with Crippen LogP contribution in [0.2, 0.25) is 0 Å². The van der Waals surface area contributed by atoms with Crippen LogP contribution in [0.15, 0.2) is 437 Å². The van der Waals surface area contributed by atoms with Gasteiger partial charge in [-0.05, 0) is 224 Å². The summed E-state index contributed by atoms with van der Waals surface area (Å²) in [5.41, 5.74) is 38.2. The van der Waals surface area contributed by atoms with Crippen LogP contribution in [-0.2, 0) is 10.8 Å². The average Bonchev–Trinajstić information content (AvgIpc) is 1.55. The molecule has 0 aliphatic heterocycles. The zero-order chi connectivity index (χ0) is 76.0. The number of benzene rings is 18. The molecule has 0 saturated carbocycles. The summed E-state index contributed by atoms with van der Waals surface area (Å²) in [5.74, 6) is 0. The number of anilines is 3. The summed E-state index contributed by atoms with van der Waals surface area (Å²) in [4.78, 5) is 2.37. The van der Waals surface area contributed by atoms with Crippen LogP contribution in [0.1, 0.15) is 44.5 Å². The normalized spacial score (nSPS) is 12.8. The predicted octanol–water partition coefficient (Wildman–Crippen LogP) is 28.7. The van der Waals surface area contributed by atoms with Crippen molar-refractivity contribution in [3.8, 4) is 106 Å². The Hall–Kier alpha value is -14.6. The zero-order valence-electron chi connectivity index (χ0n) is 62.8. The number of hydrogen-bond acceptors (Lipinski definition) is 4. The second-order valence-electron chi connectivity index (χ2n) is 30.3. The van der Waals surface area contributed by atoms with Gasteiger partial charge in [0.1, 0.15) is 11.0 Å². The molecule has 0 spiro atoms. The summed E-state index contributed by atoms with van der Waals surface area (Å²) in [5, 5.41) is 2.38. The predicted molar refractivity (Wildman–Crippen MR) is 479 cm³/mol. The Labute approximate surface area is 673 Å². The maximum atomic E-state index is 5.24. The maximum Gasteiger partial charge on any atom is 0.129 e. The minimum Gasteiger partial charge on any atom is -0.309 e. The Morgan fingerprint density at radius 2 is 0.513 bits per heavy atom. The topological polar surface area (TPSA) is 34.0 Å². The number of hydrogen-bond donors (Lipinski definition) is 0. The third-order valence-electron chi connectivity index (χ3n) is 24.3. The SMILES string of the molecule is c1ccc(-c2ccc(-c3ccc4c(c3)c3cc(-c5ccc(-c6ccccc6)cc5)ccc3n4-c3ccc(-c4ccc(N(c5ccc(-c6ccc7c(c6)C(c6ccccc6)(c6ccccc6)c6ccccc6-7)cc5)c5ccc(-c6ccc7c(c6)C(c6ccccc6)(c6ccccc6)c6ccccc6-7)cc5)c5nsnc45)cc3)cc2)cc1. The molecule has 0 bridgehead atoms. The number of fused-ring (bicyclic) bond motifs is 10. The molecule has 0 fully saturated rings. The lowest BCUT2D eigenvalue weighted by Crippen LogP contribution is -2.28. The van der Waals surface area contributed by atoms with Crippen molar-refractivity contribution in [2.45, 2.75) is 10.8 Å². The summed E-state index contributed by atoms with van der Waals surface area (Å²) in [6.45, 7) is 0. The first-order valence-electron chi connectivity index (χ1n) is 39.5. The van der Waals surface area contributed by atoms with E-state index in [9.17, 15) is 0 Å². The van der Waals surface area contributed by atoms with Gasteiger partial charge in [0.25, 0.3) is 0 Å². The van der Waals surface area contributed by atoms with E-state index in [1.807, 2.05) is 0 Å². The molecule has 2 heterocycles. The van der Waals surface area contributed by atoms with Gasteiger partial charge in [0.05, 0.1) is 39.3 Å². The van der Waals surface area contributed by atoms with E-state index in [1.165, 1.54) is 134 Å². The number of rotatable bonds is 15. The van der Waals surface area contributed by atoms with Gasteiger partial charge in [-0.1, -0.05) is 352 Å². The minimum absolute atomic E-state index is 0.523. The first-order valence-corrected chi connectivity index (χ1v) is 40.2. The third kappa shape index (κ3) is 11.0. The van der Waals surface area contributed by atoms with E-state index < -0.39 is 10.8 Å². The van der Waals surface area contributed by atoms with Crippen molar-refractivity contribution in [3.05, 3.63) is 481 Å². The molecule has 22 rings (SSSR count). The first kappa shape index (κ1) is 67.3. The highest BCUT2D eigenvalue weighted by atomic mass is 32.1. The fourth-order valence-electron chi connectivity index (χ4n) is 19.0. The van der Waals surface area contributed by atoms with Crippen molar-refractivity contribution in [2.24, 2.45) is 0 Å². The van der Waals surface area contributed by atoms with Crippen molar-refractivity contribution in [1.82, 2.24) is 13.3 Å². The molecule has 0 radical (unpaired) electrons. The second kappa shape index (κ2) is 27.7. The van der Waals surface area contributed by atoms with E-state index in [1.54, 1.807) is 0 Å². The van der Waals surface area contributed by atoms with E-state index in [0.29, 0.717) is 0 Å². The van der Waals surface area contributed by atoms with Gasteiger partial charge < -0.3 is 9.47 Å². The molecule has 2 aliphatic rings. The molecule has 4 nitrogen and oxygen atoms in total. The van der Waals surface area contributed by atoms with Crippen LogP contribution in [0.3, 0.4) is 0 Å². The second-order valence-corrected chi connectivity index (χ2v) is 30.9. The van der Waals surface area contributed by atoms with Crippen molar-refractivity contribution < 1.29 is 0 Å². The molecular weight excluding hydrogens is 1410 g/mol. The van der Waals surface area contributed by atoms with Crippen molar-refractivity contribution in [2.75, 3.05) is 4.90 Å². The Bertz CT molecular complexity index is 6620. The van der Waals surface area contributed by atoms with Crippen LogP contribution >= 0.6 is 11.7 Å². The van der Waals surface area contributed by atoms with Gasteiger partial charge >= 0.3 is 0 Å². The highest BCUT2D eigenvalue weighted by molar-refractivity contribution is 7.00. The zero-order valence-corrected chi connectivity index (χ0v) is 63.6. The van der Waals surface area contributed by atoms with Gasteiger partial charge in [-0.2, -0.15) is 8.75 Å². The van der Waals surface area contributed by atoms with Crippen LogP contribution in [0.25, 0.3) is 139 Å². The molecule has 538 valence electrons. The molecule has 0 amide bonds. The summed E-state index contributed by atoms with van der Waals surface area (Å²) in [6.07, 6.45) is 0. The molecule has 2 aromatic heterocycles. The van der Waals surface area contributed by atoms with Gasteiger partial charge in [-0.25, -0.2) is 0 Å². The molecular formula is C110H72N4S. The lowest BCUT2D eigenvalue weighted by molar-refractivity contribution is 0.769. The minimum atomic E-state index is -0.523. The van der Waals surface area contributed by atoms with Crippen molar-refractivity contribution in [1.29, 1.82) is 0 Å². The lowest BCUT2D eigenvalue weighted by atomic mass is 9.67. The first-order chi connectivity index (χ1) is 57.0. The quantitative estimate of drug-likeness (QED) is 0.103. The lowest BCUT2D eigenvalue weighted by Gasteiger charge is -2.34. The highest BCUT2D eigenvalue weighted by Gasteiger charge is 2.48. The van der Waals surface area contributed by atoms with E-state index >= 15 is 0 Å². The highest BCUT2D eigenvalue weighted by Crippen LogP contribution is 2.59. The summed E-state index contributed by atoms with van der Waals surface area (Å²) in [6, 6.07) is 161. The van der Waals surface area contributed by atoms with Gasteiger partial charge in [0.2, 0.25) is 0 Å². The fraction of sp³-hybridized carbons (Fsp3) is 0.0182. The Morgan fingerprint density at radius 1 is 0.217 bits per heavy atom. The van der Waals surface area contributed by atoms with E-state index in [4.69, 9.17) is 8.75 Å². The Balaban J connectivity index is 0.649. The molecule has 2 aliphatic carbocycles. The van der Waals surface area contributed by atoms with E-state index in [0.717, 1.165) is 78.2 Å². The average molecular weight is 1480 g/mol. The number of nitrogens with zero attached hydrogens (tertiary/aromatic N) is 4. The van der Waals surface area contributed by atoms with Crippen molar-refractivity contribution in [3.63, 3.8) is 0 Å². The summed E-state index contributed by atoms with van der Waals surface area (Å²) in [7, 11) is 0. The smallest absolute Gasteiger partial charge is 0.129 e. The van der Waals surface area contributed by atoms with Gasteiger partial charge in [-0.3, -0.25) is 0 Å². The third-order valence-corrected chi connectivity index (χ3v) is 24.9. The molecule has 5 heteroatoms. The number of aromatic nitrogens is 3. The Morgan fingerprint density at radius 3 is 0.922 bits per heavy atom.